The molecule has 0 fully saturated rings. The molecule has 0 aliphatic carbocycles. The molecule has 0 aliphatic heterocycles. The van der Waals surface area contributed by atoms with Gasteiger partial charge in [0.15, 0.2) is 0 Å². The summed E-state index contributed by atoms with van der Waals surface area (Å²) < 4.78 is 1.80. The maximum Gasteiger partial charge on any atom is 0.265 e. The summed E-state index contributed by atoms with van der Waals surface area (Å²) in [5.41, 5.74) is 1.97. The zero-order valence-electron chi connectivity index (χ0n) is 12.3. The summed E-state index contributed by atoms with van der Waals surface area (Å²) in [5.74, 6) is 0.763. The van der Waals surface area contributed by atoms with Gasteiger partial charge < -0.3 is 5.32 Å². The molecular weight excluding hydrogens is 472 g/mol. The zero-order valence-corrected chi connectivity index (χ0v) is 17.1. The first kappa shape index (κ1) is 17.7. The van der Waals surface area contributed by atoms with Crippen molar-refractivity contribution in [3.63, 3.8) is 0 Å². The number of hydrogen-bond donors (Lipinski definition) is 1. The SMILES string of the molecule is O=C(Nc1ccc(SCc2cccnc2)cc1)c1cc(Br)c(Br)s1. The molecule has 0 aliphatic rings. The van der Waals surface area contributed by atoms with E-state index in [0.29, 0.717) is 4.88 Å². The second kappa shape index (κ2) is 8.29. The Kier molecular flexibility index (Phi) is 6.10. The van der Waals surface area contributed by atoms with Crippen LogP contribution in [0.1, 0.15) is 15.2 Å². The Morgan fingerprint density at radius 1 is 1.21 bits per heavy atom. The highest BCUT2D eigenvalue weighted by atomic mass is 79.9. The van der Waals surface area contributed by atoms with Gasteiger partial charge in [0, 0.05) is 33.2 Å². The van der Waals surface area contributed by atoms with Gasteiger partial charge in [-0.1, -0.05) is 6.07 Å². The van der Waals surface area contributed by atoms with Crippen LogP contribution >= 0.6 is 55.0 Å². The standard InChI is InChI=1S/C17H12Br2N2OS2/c18-14-8-15(24-16(14)19)17(22)21-12-3-5-13(6-4-12)23-10-11-2-1-7-20-9-11/h1-9H,10H2,(H,21,22). The van der Waals surface area contributed by atoms with Gasteiger partial charge >= 0.3 is 0 Å². The molecule has 1 N–H and O–H groups in total. The van der Waals surface area contributed by atoms with Gasteiger partial charge in [0.1, 0.15) is 0 Å². The molecule has 0 radical (unpaired) electrons. The highest BCUT2D eigenvalue weighted by molar-refractivity contribution is 9.13. The third-order valence-electron chi connectivity index (χ3n) is 3.11. The van der Waals surface area contributed by atoms with E-state index in [1.807, 2.05) is 42.6 Å². The summed E-state index contributed by atoms with van der Waals surface area (Å²) in [6.45, 7) is 0. The Morgan fingerprint density at radius 3 is 2.62 bits per heavy atom. The number of aromatic nitrogens is 1. The van der Waals surface area contributed by atoms with Crippen LogP contribution in [0.3, 0.4) is 0 Å². The largest absolute Gasteiger partial charge is 0.321 e. The monoisotopic (exact) mass is 482 g/mol. The highest BCUT2D eigenvalue weighted by Crippen LogP contribution is 2.33. The molecule has 0 atom stereocenters. The van der Waals surface area contributed by atoms with Crippen molar-refractivity contribution in [1.29, 1.82) is 0 Å². The van der Waals surface area contributed by atoms with Crippen LogP contribution in [-0.2, 0) is 5.75 Å². The van der Waals surface area contributed by atoms with Gasteiger partial charge in [0.05, 0.1) is 8.66 Å². The zero-order chi connectivity index (χ0) is 16.9. The third kappa shape index (κ3) is 4.69. The van der Waals surface area contributed by atoms with Gasteiger partial charge in [-0.15, -0.1) is 23.1 Å². The van der Waals surface area contributed by atoms with Crippen molar-refractivity contribution in [2.24, 2.45) is 0 Å². The molecule has 3 nitrogen and oxygen atoms in total. The number of hydrogen-bond acceptors (Lipinski definition) is 4. The molecule has 0 unspecified atom stereocenters. The van der Waals surface area contributed by atoms with E-state index in [1.54, 1.807) is 18.0 Å². The van der Waals surface area contributed by atoms with Crippen molar-refractivity contribution in [1.82, 2.24) is 4.98 Å². The fraction of sp³-hybridized carbons (Fsp3) is 0.0588. The number of thiophene rings is 1. The van der Waals surface area contributed by atoms with E-state index in [2.05, 4.69) is 48.2 Å². The summed E-state index contributed by atoms with van der Waals surface area (Å²) in [5, 5.41) is 2.91. The fourth-order valence-corrected chi connectivity index (χ4v) is 4.70. The normalized spacial score (nSPS) is 10.6. The first-order chi connectivity index (χ1) is 11.6. The molecule has 24 heavy (non-hydrogen) atoms. The molecule has 2 heterocycles. The number of pyridine rings is 1. The third-order valence-corrected chi connectivity index (χ3v) is 7.45. The van der Waals surface area contributed by atoms with E-state index in [9.17, 15) is 4.79 Å². The van der Waals surface area contributed by atoms with Crippen LogP contribution in [0.25, 0.3) is 0 Å². The maximum atomic E-state index is 12.2. The number of halogens is 2. The molecule has 0 saturated heterocycles. The maximum absolute atomic E-state index is 12.2. The molecule has 3 aromatic rings. The van der Waals surface area contributed by atoms with Crippen molar-refractivity contribution in [2.45, 2.75) is 10.6 Å². The van der Waals surface area contributed by atoms with E-state index in [1.165, 1.54) is 16.9 Å². The van der Waals surface area contributed by atoms with Crippen molar-refractivity contribution < 1.29 is 4.79 Å². The lowest BCUT2D eigenvalue weighted by Crippen LogP contribution is -2.09. The molecule has 1 aromatic carbocycles. The van der Waals surface area contributed by atoms with Gasteiger partial charge in [-0.25, -0.2) is 0 Å². The number of nitrogens with one attached hydrogen (secondary N) is 1. The highest BCUT2D eigenvalue weighted by Gasteiger charge is 2.12. The summed E-state index contributed by atoms with van der Waals surface area (Å²) in [7, 11) is 0. The van der Waals surface area contributed by atoms with Gasteiger partial charge in [0.2, 0.25) is 0 Å². The number of rotatable bonds is 5. The molecular formula is C17H12Br2N2OS2. The minimum Gasteiger partial charge on any atom is -0.321 e. The van der Waals surface area contributed by atoms with Crippen LogP contribution in [0.4, 0.5) is 5.69 Å². The van der Waals surface area contributed by atoms with Gasteiger partial charge in [0.25, 0.3) is 5.91 Å². The average molecular weight is 484 g/mol. The predicted octanol–water partition coefficient (Wildman–Crippen LogP) is 6.21. The first-order valence-corrected chi connectivity index (χ1v) is 10.4. The predicted molar refractivity (Wildman–Crippen MR) is 108 cm³/mol. The summed E-state index contributed by atoms with van der Waals surface area (Å²) >= 11 is 9.93. The number of anilines is 1. The van der Waals surface area contributed by atoms with Crippen LogP contribution in [0.15, 0.2) is 68.0 Å². The lowest BCUT2D eigenvalue weighted by molar-refractivity contribution is 0.103. The molecule has 0 bridgehead atoms. The molecule has 2 aromatic heterocycles. The Bertz CT molecular complexity index is 816. The van der Waals surface area contributed by atoms with E-state index in [-0.39, 0.29) is 5.91 Å². The molecule has 3 rings (SSSR count). The Balaban J connectivity index is 1.59. The van der Waals surface area contributed by atoms with Crippen molar-refractivity contribution in [2.75, 3.05) is 5.32 Å². The quantitative estimate of drug-likeness (QED) is 0.438. The lowest BCUT2D eigenvalue weighted by Gasteiger charge is -2.05. The average Bonchev–Trinajstić information content (AvgIpc) is 2.94. The van der Waals surface area contributed by atoms with Gasteiger partial charge in [-0.05, 0) is 73.8 Å². The fourth-order valence-electron chi connectivity index (χ4n) is 1.94. The molecule has 1 amide bonds. The van der Waals surface area contributed by atoms with Gasteiger partial charge in [-0.2, -0.15) is 0 Å². The van der Waals surface area contributed by atoms with Crippen molar-refractivity contribution >= 4 is 66.6 Å². The van der Waals surface area contributed by atoms with Crippen LogP contribution in [0, 0.1) is 0 Å². The van der Waals surface area contributed by atoms with Crippen LogP contribution in [0.2, 0.25) is 0 Å². The second-order valence-electron chi connectivity index (χ2n) is 4.86. The van der Waals surface area contributed by atoms with Crippen LogP contribution in [0.5, 0.6) is 0 Å². The second-order valence-corrected chi connectivity index (χ2v) is 9.13. The minimum atomic E-state index is -0.109. The number of benzene rings is 1. The van der Waals surface area contributed by atoms with Crippen molar-refractivity contribution in [3.05, 3.63) is 73.6 Å². The summed E-state index contributed by atoms with van der Waals surface area (Å²) in [6, 6.07) is 13.7. The minimum absolute atomic E-state index is 0.109. The Morgan fingerprint density at radius 2 is 2.00 bits per heavy atom. The molecule has 122 valence electrons. The smallest absolute Gasteiger partial charge is 0.265 e. The number of nitrogens with zero attached hydrogens (tertiary/aromatic N) is 1. The lowest BCUT2D eigenvalue weighted by atomic mass is 10.3. The number of amides is 1. The van der Waals surface area contributed by atoms with Crippen LogP contribution < -0.4 is 5.32 Å². The first-order valence-electron chi connectivity index (χ1n) is 7.00. The van der Waals surface area contributed by atoms with E-state index < -0.39 is 0 Å². The summed E-state index contributed by atoms with van der Waals surface area (Å²) in [4.78, 5) is 18.1. The molecule has 0 saturated carbocycles. The van der Waals surface area contributed by atoms with E-state index in [4.69, 9.17) is 0 Å². The Labute approximate surface area is 165 Å². The molecule has 0 spiro atoms. The van der Waals surface area contributed by atoms with Crippen molar-refractivity contribution in [3.8, 4) is 0 Å². The van der Waals surface area contributed by atoms with E-state index in [0.717, 1.165) is 24.6 Å². The topological polar surface area (TPSA) is 42.0 Å². The molecule has 7 heteroatoms. The van der Waals surface area contributed by atoms with Crippen LogP contribution in [-0.4, -0.2) is 10.9 Å². The number of thioether (sulfide) groups is 1. The van der Waals surface area contributed by atoms with Gasteiger partial charge in [-0.3, -0.25) is 9.78 Å². The number of carbonyl (C=O) groups excluding carboxylic acids is 1. The van der Waals surface area contributed by atoms with E-state index >= 15 is 0 Å². The Hall–Kier alpha value is -1.15. The number of carbonyl (C=O) groups is 1. The summed E-state index contributed by atoms with van der Waals surface area (Å²) in [6.07, 6.45) is 3.65.